The highest BCUT2D eigenvalue weighted by Crippen LogP contribution is 2.80. The summed E-state index contributed by atoms with van der Waals surface area (Å²) in [6.45, 7) is 5.43. The van der Waals surface area contributed by atoms with Crippen LogP contribution in [0.15, 0.2) is 0 Å². The number of fused-ring (bicyclic) bond motifs is 2. The first-order chi connectivity index (χ1) is 17.2. The predicted molar refractivity (Wildman–Crippen MR) is 128 cm³/mol. The summed E-state index contributed by atoms with van der Waals surface area (Å²) in [6, 6.07) is -0.419. The van der Waals surface area contributed by atoms with Crippen LogP contribution in [0.1, 0.15) is 39.5 Å². The van der Waals surface area contributed by atoms with Gasteiger partial charge in [0.15, 0.2) is 0 Å². The summed E-state index contributed by atoms with van der Waals surface area (Å²) < 4.78 is 30.4. The topological polar surface area (TPSA) is 107 Å². The summed E-state index contributed by atoms with van der Waals surface area (Å²) in [5.41, 5.74) is -4.12. The van der Waals surface area contributed by atoms with Crippen molar-refractivity contribution in [3.8, 4) is 0 Å². The number of esters is 1. The molecule has 2 N–H and O–H groups in total. The molecule has 6 fully saturated rings. The number of carbonyl (C=O) groups excluding carboxylic acids is 1. The van der Waals surface area contributed by atoms with Gasteiger partial charge >= 0.3 is 5.97 Å². The minimum atomic E-state index is -1.71. The fourth-order valence-electron chi connectivity index (χ4n) is 11.3. The summed E-state index contributed by atoms with van der Waals surface area (Å²) in [5, 5.41) is 26.1. The Labute approximate surface area is 213 Å². The molecule has 0 aromatic carbocycles. The summed E-state index contributed by atoms with van der Waals surface area (Å²) in [6.07, 6.45) is 1.24. The van der Waals surface area contributed by atoms with Crippen LogP contribution < -0.4 is 0 Å². The van der Waals surface area contributed by atoms with Crippen LogP contribution in [0.3, 0.4) is 0 Å². The van der Waals surface area contributed by atoms with E-state index in [1.807, 2.05) is 0 Å². The van der Waals surface area contributed by atoms with Crippen molar-refractivity contribution in [3.63, 3.8) is 0 Å². The van der Waals surface area contributed by atoms with Crippen LogP contribution in [-0.4, -0.2) is 111 Å². The number of piperidine rings is 1. The second-order valence-electron chi connectivity index (χ2n) is 12.5. The summed E-state index contributed by atoms with van der Waals surface area (Å²) in [7, 11) is 6.86. The van der Waals surface area contributed by atoms with Crippen LogP contribution in [0, 0.1) is 34.5 Å². The summed E-state index contributed by atoms with van der Waals surface area (Å²) in [5.74, 6) is -0.825. The highest BCUT2D eigenvalue weighted by Gasteiger charge is 2.92. The average Bonchev–Trinajstić information content (AvgIpc) is 3.26. The van der Waals surface area contributed by atoms with Crippen molar-refractivity contribution >= 4 is 5.97 Å². The largest absolute Gasteiger partial charge is 0.459 e. The van der Waals surface area contributed by atoms with Crippen molar-refractivity contribution in [1.82, 2.24) is 4.90 Å². The Morgan fingerprint density at radius 2 is 1.86 bits per heavy atom. The van der Waals surface area contributed by atoms with Crippen molar-refractivity contribution in [2.45, 2.75) is 81.2 Å². The fourth-order valence-corrected chi connectivity index (χ4v) is 11.3. The lowest BCUT2D eigenvalue weighted by molar-refractivity contribution is -0.320. The lowest BCUT2D eigenvalue weighted by atomic mass is 9.42. The second-order valence-corrected chi connectivity index (χ2v) is 12.5. The standard InChI is InChI=1S/C27H43NO8/c1-7-28-12-24(13-32-3)9-8-18(34-5)26-16-10-15-17(33-4)11-25(30,19(16)20(15)35-6)27(31,23(26)28)22(21(24)26)36-14(2)29/h15-23,30-31H,7-13H2,1-6H3/t15-,16-,17-,18-,19-,20-,21-,22+,23+,24+,25-,26+,27-/m1/s1. The first kappa shape index (κ1) is 25.5. The Morgan fingerprint density at radius 1 is 1.11 bits per heavy atom. The maximum atomic E-state index is 13.2. The molecule has 6 aliphatic rings. The molecule has 7 bridgehead atoms. The van der Waals surface area contributed by atoms with Gasteiger partial charge < -0.3 is 33.9 Å². The Morgan fingerprint density at radius 3 is 2.44 bits per heavy atom. The molecule has 0 radical (unpaired) electrons. The SMILES string of the molecule is CCN1C[C@]2(COC)CC[C@@H](OC)[C@@]34[C@@H]5C[C@H]6[C@@H](OC)[C@@H]5[C@](O)(C[C@H]6OC)[C@@](O)([C@@H](OC(C)=O)[C@H]23)[C@@H]14. The van der Waals surface area contributed by atoms with Crippen molar-refractivity contribution in [2.75, 3.05) is 48.1 Å². The highest BCUT2D eigenvalue weighted by atomic mass is 16.6. The maximum Gasteiger partial charge on any atom is 0.303 e. The average molecular weight is 510 g/mol. The molecule has 6 rings (SSSR count). The van der Waals surface area contributed by atoms with Gasteiger partial charge in [-0.15, -0.1) is 0 Å². The van der Waals surface area contributed by atoms with Crippen molar-refractivity contribution in [1.29, 1.82) is 0 Å². The molecule has 9 heteroatoms. The number of carbonyl (C=O) groups is 1. The monoisotopic (exact) mass is 509 g/mol. The zero-order valence-electron chi connectivity index (χ0n) is 22.4. The highest BCUT2D eigenvalue weighted by molar-refractivity contribution is 5.67. The van der Waals surface area contributed by atoms with Gasteiger partial charge in [0.05, 0.1) is 31.0 Å². The molecule has 5 aliphatic carbocycles. The molecule has 0 unspecified atom stereocenters. The van der Waals surface area contributed by atoms with E-state index in [9.17, 15) is 15.0 Å². The Hall–Kier alpha value is -0.810. The predicted octanol–water partition coefficient (Wildman–Crippen LogP) is 0.842. The normalized spacial score (nSPS) is 56.6. The summed E-state index contributed by atoms with van der Waals surface area (Å²) in [4.78, 5) is 15.0. The van der Waals surface area contributed by atoms with Gasteiger partial charge in [0.1, 0.15) is 17.3 Å². The number of aliphatic hydroxyl groups is 2. The Bertz CT molecular complexity index is 918. The molecule has 1 spiro atoms. The van der Waals surface area contributed by atoms with Gasteiger partial charge in [-0.25, -0.2) is 0 Å². The quantitative estimate of drug-likeness (QED) is 0.483. The maximum absolute atomic E-state index is 13.2. The number of rotatable bonds is 7. The van der Waals surface area contributed by atoms with E-state index in [-0.39, 0.29) is 53.8 Å². The first-order valence-electron chi connectivity index (χ1n) is 13.6. The minimum absolute atomic E-state index is 0.0178. The van der Waals surface area contributed by atoms with E-state index in [1.54, 1.807) is 28.4 Å². The van der Waals surface area contributed by atoms with Crippen LogP contribution in [0.4, 0.5) is 0 Å². The van der Waals surface area contributed by atoms with Gasteiger partial charge in [-0.1, -0.05) is 6.92 Å². The number of hydrogen-bond acceptors (Lipinski definition) is 9. The third-order valence-corrected chi connectivity index (χ3v) is 11.8. The fraction of sp³-hybridized carbons (Fsp3) is 0.963. The van der Waals surface area contributed by atoms with Gasteiger partial charge in [0, 0.05) is 76.9 Å². The molecule has 13 atom stereocenters. The van der Waals surface area contributed by atoms with Crippen LogP contribution in [0.2, 0.25) is 0 Å². The lowest BCUT2D eigenvalue weighted by Crippen LogP contribution is -2.82. The molecular formula is C27H43NO8. The van der Waals surface area contributed by atoms with Gasteiger partial charge in [-0.3, -0.25) is 9.69 Å². The van der Waals surface area contributed by atoms with Crippen LogP contribution >= 0.6 is 0 Å². The third-order valence-electron chi connectivity index (χ3n) is 11.8. The molecule has 0 aromatic rings. The van der Waals surface area contributed by atoms with Gasteiger partial charge in [-0.05, 0) is 31.7 Å². The molecule has 9 nitrogen and oxygen atoms in total. The molecule has 0 amide bonds. The summed E-state index contributed by atoms with van der Waals surface area (Å²) >= 11 is 0. The number of methoxy groups -OCH3 is 4. The van der Waals surface area contributed by atoms with Gasteiger partial charge in [-0.2, -0.15) is 0 Å². The molecule has 204 valence electrons. The van der Waals surface area contributed by atoms with E-state index < -0.39 is 34.7 Å². The number of nitrogens with zero attached hydrogens (tertiary/aromatic N) is 1. The molecule has 5 saturated carbocycles. The van der Waals surface area contributed by atoms with E-state index in [2.05, 4.69) is 11.8 Å². The molecule has 1 aliphatic heterocycles. The molecule has 1 heterocycles. The van der Waals surface area contributed by atoms with Crippen LogP contribution in [0.5, 0.6) is 0 Å². The van der Waals surface area contributed by atoms with E-state index in [4.69, 9.17) is 23.7 Å². The van der Waals surface area contributed by atoms with Gasteiger partial charge in [0.2, 0.25) is 0 Å². The Kier molecular flexibility index (Phi) is 5.73. The number of hydrogen-bond donors (Lipinski definition) is 2. The van der Waals surface area contributed by atoms with Gasteiger partial charge in [0.25, 0.3) is 0 Å². The van der Waals surface area contributed by atoms with Crippen LogP contribution in [0.25, 0.3) is 0 Å². The minimum Gasteiger partial charge on any atom is -0.459 e. The van der Waals surface area contributed by atoms with Crippen LogP contribution in [-0.2, 0) is 28.5 Å². The zero-order chi connectivity index (χ0) is 25.8. The molecule has 36 heavy (non-hydrogen) atoms. The van der Waals surface area contributed by atoms with E-state index in [0.29, 0.717) is 13.2 Å². The second kappa shape index (κ2) is 8.10. The molecule has 1 saturated heterocycles. The lowest BCUT2D eigenvalue weighted by Gasteiger charge is -2.70. The van der Waals surface area contributed by atoms with E-state index >= 15 is 0 Å². The van der Waals surface area contributed by atoms with E-state index in [0.717, 1.165) is 25.8 Å². The number of ether oxygens (including phenoxy) is 5. The number of likely N-dealkylation sites (N-methyl/N-ethyl adjacent to an activating group) is 1. The molecule has 0 aromatic heterocycles. The molecular weight excluding hydrogens is 466 g/mol. The Balaban J connectivity index is 1.69. The zero-order valence-corrected chi connectivity index (χ0v) is 22.4. The van der Waals surface area contributed by atoms with Crippen molar-refractivity contribution < 1.29 is 38.7 Å². The van der Waals surface area contributed by atoms with E-state index in [1.165, 1.54) is 6.92 Å². The first-order valence-corrected chi connectivity index (χ1v) is 13.6. The van der Waals surface area contributed by atoms with Crippen molar-refractivity contribution in [3.05, 3.63) is 0 Å². The van der Waals surface area contributed by atoms with Crippen molar-refractivity contribution in [2.24, 2.45) is 34.5 Å². The smallest absolute Gasteiger partial charge is 0.303 e. The third kappa shape index (κ3) is 2.55. The number of likely N-dealkylation sites (tertiary alicyclic amines) is 1.